The quantitative estimate of drug-likeness (QED) is 0.401. The molecule has 0 atom stereocenters. The van der Waals surface area contributed by atoms with Gasteiger partial charge in [0.2, 0.25) is 15.0 Å². The van der Waals surface area contributed by atoms with Crippen LogP contribution in [0.3, 0.4) is 0 Å². The molecule has 0 radical (unpaired) electrons. The molecule has 0 bridgehead atoms. The monoisotopic (exact) mass is 503 g/mol. The summed E-state index contributed by atoms with van der Waals surface area (Å²) in [4.78, 5) is 19.1. The minimum atomic E-state index is -3.71. The smallest absolute Gasteiger partial charge is 0.254 e. The van der Waals surface area contributed by atoms with E-state index < -0.39 is 9.84 Å². The Labute approximate surface area is 206 Å². The number of ether oxygens (including phenoxy) is 1. The summed E-state index contributed by atoms with van der Waals surface area (Å²) in [5.41, 5.74) is 2.84. The van der Waals surface area contributed by atoms with E-state index in [0.717, 1.165) is 5.56 Å². The average molecular weight is 504 g/mol. The zero-order valence-electron chi connectivity index (χ0n) is 19.9. The number of nitrogens with zero attached hydrogens (tertiary/aromatic N) is 3. The maximum Gasteiger partial charge on any atom is 0.254 e. The zero-order chi connectivity index (χ0) is 24.9. The van der Waals surface area contributed by atoms with Crippen molar-refractivity contribution in [1.82, 2.24) is 14.5 Å². The third-order valence-electron chi connectivity index (χ3n) is 5.39. The number of rotatable bonds is 10. The molecule has 9 heteroatoms. The second kappa shape index (κ2) is 11.2. The molecule has 3 rings (SSSR count). The highest BCUT2D eigenvalue weighted by molar-refractivity contribution is 7.90. The van der Waals surface area contributed by atoms with Gasteiger partial charge in [0.05, 0.1) is 30.8 Å². The summed E-state index contributed by atoms with van der Waals surface area (Å²) in [6, 6.07) is 14.0. The predicted octanol–water partition coefficient (Wildman–Crippen LogP) is 4.69. The molecule has 0 spiro atoms. The molecule has 0 N–H and O–H groups in total. The fourth-order valence-corrected chi connectivity index (χ4v) is 5.49. The Kier molecular flexibility index (Phi) is 8.52. The van der Waals surface area contributed by atoms with E-state index in [0.29, 0.717) is 35.0 Å². The molecule has 2 aromatic carbocycles. The van der Waals surface area contributed by atoms with Gasteiger partial charge in [-0.2, -0.15) is 0 Å². The lowest BCUT2D eigenvalue weighted by Crippen LogP contribution is -2.34. The second-order valence-corrected chi connectivity index (χ2v) is 10.8. The van der Waals surface area contributed by atoms with E-state index in [1.54, 1.807) is 40.8 Å². The molecule has 34 heavy (non-hydrogen) atoms. The van der Waals surface area contributed by atoms with Crippen LogP contribution in [0.25, 0.3) is 0 Å². The van der Waals surface area contributed by atoms with Crippen LogP contribution < -0.4 is 0 Å². The van der Waals surface area contributed by atoms with Crippen molar-refractivity contribution in [2.24, 2.45) is 0 Å². The van der Waals surface area contributed by atoms with Gasteiger partial charge in [-0.15, -0.1) is 0 Å². The molecule has 182 valence electrons. The van der Waals surface area contributed by atoms with Crippen molar-refractivity contribution in [2.45, 2.75) is 44.3 Å². The van der Waals surface area contributed by atoms with Gasteiger partial charge < -0.3 is 14.2 Å². The number of halogens is 1. The van der Waals surface area contributed by atoms with Crippen molar-refractivity contribution in [3.05, 3.63) is 82.1 Å². The highest BCUT2D eigenvalue weighted by atomic mass is 35.5. The molecule has 1 aromatic heterocycles. The van der Waals surface area contributed by atoms with Crippen LogP contribution in [-0.2, 0) is 26.9 Å². The van der Waals surface area contributed by atoms with Crippen molar-refractivity contribution in [3.63, 3.8) is 0 Å². The molecule has 0 fully saturated rings. The topological polar surface area (TPSA) is 81.5 Å². The van der Waals surface area contributed by atoms with Gasteiger partial charge in [-0.3, -0.25) is 4.79 Å². The molecule has 0 aliphatic carbocycles. The lowest BCUT2D eigenvalue weighted by molar-refractivity contribution is 0.0674. The number of carbonyl (C=O) groups excluding carboxylic acids is 1. The summed E-state index contributed by atoms with van der Waals surface area (Å²) >= 11 is 6.08. The third kappa shape index (κ3) is 6.25. The van der Waals surface area contributed by atoms with E-state index in [1.165, 1.54) is 6.20 Å². The van der Waals surface area contributed by atoms with Gasteiger partial charge in [0.25, 0.3) is 5.91 Å². The summed E-state index contributed by atoms with van der Waals surface area (Å²) in [5, 5.41) is 0.467. The molecule has 1 amide bonds. The van der Waals surface area contributed by atoms with Crippen LogP contribution in [0.5, 0.6) is 0 Å². The first-order valence-corrected chi connectivity index (χ1v) is 13.0. The Bertz CT molecular complexity index is 1240. The van der Waals surface area contributed by atoms with Crippen LogP contribution in [0.15, 0.2) is 59.9 Å². The van der Waals surface area contributed by atoms with Crippen LogP contribution in [0, 0.1) is 6.92 Å². The highest BCUT2D eigenvalue weighted by Crippen LogP contribution is 2.24. The standard InChI is InChI=1S/C25H30ClN3O4S/c1-18(2)29-23(15-27-25(29)34(31,32)17-20-10-8-19(3)9-11-20)16-28(12-13-33-4)24(30)21-6-5-7-22(26)14-21/h5-11,14-15,18H,12-13,16-17H2,1-4H3. The van der Waals surface area contributed by atoms with Gasteiger partial charge in [0, 0.05) is 30.3 Å². The van der Waals surface area contributed by atoms with Crippen molar-refractivity contribution in [1.29, 1.82) is 0 Å². The maximum atomic E-state index is 13.3. The van der Waals surface area contributed by atoms with Crippen molar-refractivity contribution >= 4 is 27.3 Å². The number of aromatic nitrogens is 2. The van der Waals surface area contributed by atoms with Crippen LogP contribution in [0.2, 0.25) is 5.02 Å². The number of aryl methyl sites for hydroxylation is 1. The molecule has 0 saturated carbocycles. The van der Waals surface area contributed by atoms with Crippen LogP contribution >= 0.6 is 11.6 Å². The molecule has 0 unspecified atom stereocenters. The second-order valence-electron chi connectivity index (χ2n) is 8.47. The number of imidazole rings is 1. The lowest BCUT2D eigenvalue weighted by Gasteiger charge is -2.24. The number of hydrogen-bond donors (Lipinski definition) is 0. The largest absolute Gasteiger partial charge is 0.383 e. The van der Waals surface area contributed by atoms with Gasteiger partial charge in [-0.1, -0.05) is 47.5 Å². The fourth-order valence-electron chi connectivity index (χ4n) is 3.70. The summed E-state index contributed by atoms with van der Waals surface area (Å²) in [6.45, 7) is 6.59. The van der Waals surface area contributed by atoms with E-state index in [-0.39, 0.29) is 29.4 Å². The molecular weight excluding hydrogens is 474 g/mol. The summed E-state index contributed by atoms with van der Waals surface area (Å²) in [5.74, 6) is -0.370. The first-order chi connectivity index (χ1) is 16.1. The number of amides is 1. The maximum absolute atomic E-state index is 13.3. The lowest BCUT2D eigenvalue weighted by atomic mass is 10.2. The fraction of sp³-hybridized carbons (Fsp3) is 0.360. The molecule has 1 heterocycles. The molecule has 7 nitrogen and oxygen atoms in total. The Morgan fingerprint density at radius 2 is 1.88 bits per heavy atom. The predicted molar refractivity (Wildman–Crippen MR) is 133 cm³/mol. The van der Waals surface area contributed by atoms with E-state index in [1.807, 2.05) is 45.0 Å². The number of hydrogen-bond acceptors (Lipinski definition) is 5. The number of carbonyl (C=O) groups is 1. The Morgan fingerprint density at radius 1 is 1.18 bits per heavy atom. The van der Waals surface area contributed by atoms with E-state index in [4.69, 9.17) is 16.3 Å². The number of benzene rings is 2. The van der Waals surface area contributed by atoms with Crippen LogP contribution in [-0.4, -0.2) is 49.0 Å². The van der Waals surface area contributed by atoms with E-state index >= 15 is 0 Å². The highest BCUT2D eigenvalue weighted by Gasteiger charge is 2.27. The van der Waals surface area contributed by atoms with Gasteiger partial charge in [-0.25, -0.2) is 13.4 Å². The number of sulfone groups is 1. The van der Waals surface area contributed by atoms with Crippen molar-refractivity contribution in [2.75, 3.05) is 20.3 Å². The van der Waals surface area contributed by atoms with Crippen molar-refractivity contribution < 1.29 is 17.9 Å². The van der Waals surface area contributed by atoms with Gasteiger partial charge in [0.1, 0.15) is 0 Å². The third-order valence-corrected chi connectivity index (χ3v) is 7.20. The van der Waals surface area contributed by atoms with E-state index in [9.17, 15) is 13.2 Å². The van der Waals surface area contributed by atoms with Gasteiger partial charge >= 0.3 is 0 Å². The molecule has 0 aliphatic rings. The minimum absolute atomic E-state index is 0.0000268. The van der Waals surface area contributed by atoms with Crippen LogP contribution in [0.4, 0.5) is 0 Å². The Hall–Kier alpha value is -2.68. The van der Waals surface area contributed by atoms with Gasteiger partial charge in [0.15, 0.2) is 0 Å². The Balaban J connectivity index is 1.93. The summed E-state index contributed by atoms with van der Waals surface area (Å²) in [7, 11) is -2.14. The molecule has 0 saturated heterocycles. The average Bonchev–Trinajstić information content (AvgIpc) is 3.22. The Morgan fingerprint density at radius 3 is 2.50 bits per heavy atom. The molecule has 0 aliphatic heterocycles. The summed E-state index contributed by atoms with van der Waals surface area (Å²) < 4.78 is 33.4. The van der Waals surface area contributed by atoms with Crippen LogP contribution in [0.1, 0.15) is 47.1 Å². The normalized spacial score (nSPS) is 11.7. The van der Waals surface area contributed by atoms with Crippen molar-refractivity contribution in [3.8, 4) is 0 Å². The van der Waals surface area contributed by atoms with Gasteiger partial charge in [-0.05, 0) is 44.5 Å². The first-order valence-electron chi connectivity index (χ1n) is 11.0. The summed E-state index contributed by atoms with van der Waals surface area (Å²) in [6.07, 6.45) is 1.53. The minimum Gasteiger partial charge on any atom is -0.383 e. The molecular formula is C25H30ClN3O4S. The number of methoxy groups -OCH3 is 1. The molecule has 3 aromatic rings. The SMILES string of the molecule is COCCN(Cc1cnc(S(=O)(=O)Cc2ccc(C)cc2)n1C(C)C)C(=O)c1cccc(Cl)c1. The first kappa shape index (κ1) is 25.9. The van der Waals surface area contributed by atoms with E-state index in [2.05, 4.69) is 4.98 Å². The zero-order valence-corrected chi connectivity index (χ0v) is 21.4.